The fraction of sp³-hybridized carbons (Fsp3) is 0.316. The van der Waals surface area contributed by atoms with Gasteiger partial charge in [-0.3, -0.25) is 24.3 Å². The topological polar surface area (TPSA) is 102 Å². The zero-order chi connectivity index (χ0) is 19.7. The van der Waals surface area contributed by atoms with Crippen molar-refractivity contribution in [3.8, 4) is 11.8 Å². The molecule has 0 radical (unpaired) electrons. The van der Waals surface area contributed by atoms with Crippen molar-refractivity contribution in [2.45, 2.75) is 12.5 Å². The van der Waals surface area contributed by atoms with Gasteiger partial charge >= 0.3 is 0 Å². The molecule has 1 aromatic heterocycles. The molecule has 2 aliphatic rings. The van der Waals surface area contributed by atoms with Crippen molar-refractivity contribution in [1.29, 1.82) is 0 Å². The Labute approximate surface area is 160 Å². The van der Waals surface area contributed by atoms with Crippen LogP contribution in [0.4, 0.5) is 0 Å². The second-order valence-corrected chi connectivity index (χ2v) is 6.51. The third-order valence-electron chi connectivity index (χ3n) is 4.76. The second kappa shape index (κ2) is 7.26. The quantitative estimate of drug-likeness (QED) is 0.704. The number of carbonyl (C=O) groups excluding carboxylic acids is 3. The van der Waals surface area contributed by atoms with E-state index in [1.54, 1.807) is 29.2 Å². The van der Waals surface area contributed by atoms with Gasteiger partial charge in [-0.05, 0) is 12.1 Å². The van der Waals surface area contributed by atoms with E-state index in [-0.39, 0.29) is 18.6 Å². The molecule has 0 aliphatic carbocycles. The van der Waals surface area contributed by atoms with Crippen molar-refractivity contribution >= 4 is 17.7 Å². The first-order valence-electron chi connectivity index (χ1n) is 8.82. The van der Waals surface area contributed by atoms with E-state index in [2.05, 4.69) is 9.97 Å². The van der Waals surface area contributed by atoms with Crippen molar-refractivity contribution in [3.05, 3.63) is 47.8 Å². The predicted molar refractivity (Wildman–Crippen MR) is 96.0 cm³/mol. The van der Waals surface area contributed by atoms with Gasteiger partial charge in [0.1, 0.15) is 12.6 Å². The van der Waals surface area contributed by atoms with Gasteiger partial charge in [0.05, 0.1) is 37.2 Å². The van der Waals surface area contributed by atoms with Crippen molar-refractivity contribution in [3.63, 3.8) is 0 Å². The van der Waals surface area contributed by atoms with Gasteiger partial charge in [-0.25, -0.2) is 0 Å². The number of hydrogen-bond acceptors (Lipinski definition) is 7. The number of nitrogens with zero attached hydrogens (tertiary/aromatic N) is 4. The molecule has 0 N–H and O–H groups in total. The maximum atomic E-state index is 12.6. The minimum atomic E-state index is -0.437. The van der Waals surface area contributed by atoms with Crippen LogP contribution in [0.5, 0.6) is 11.8 Å². The molecule has 4 rings (SSSR count). The highest BCUT2D eigenvalue weighted by Gasteiger charge is 2.38. The summed E-state index contributed by atoms with van der Waals surface area (Å²) in [6, 6.07) is 6.57. The molecule has 2 aliphatic heterocycles. The minimum absolute atomic E-state index is 0.243. The SMILES string of the molecule is COc1cncc(OC2CCN(C(=O)CN3C(=O)c4ccccc4C3=O)C2)n1. The molecular weight excluding hydrogens is 364 g/mol. The molecular formula is C19H18N4O5. The lowest BCUT2D eigenvalue weighted by atomic mass is 10.1. The number of imide groups is 1. The number of rotatable bonds is 5. The van der Waals surface area contributed by atoms with Gasteiger partial charge < -0.3 is 14.4 Å². The van der Waals surface area contributed by atoms with Crippen molar-refractivity contribution < 1.29 is 23.9 Å². The van der Waals surface area contributed by atoms with E-state index < -0.39 is 11.8 Å². The van der Waals surface area contributed by atoms with E-state index in [4.69, 9.17) is 9.47 Å². The zero-order valence-electron chi connectivity index (χ0n) is 15.2. The van der Waals surface area contributed by atoms with Gasteiger partial charge in [0.2, 0.25) is 17.7 Å². The number of amides is 3. The fourth-order valence-electron chi connectivity index (χ4n) is 3.33. The van der Waals surface area contributed by atoms with Crippen LogP contribution in [0, 0.1) is 0 Å². The number of aromatic nitrogens is 2. The van der Waals surface area contributed by atoms with Crippen LogP contribution in [0.25, 0.3) is 0 Å². The van der Waals surface area contributed by atoms with E-state index >= 15 is 0 Å². The number of ether oxygens (including phenoxy) is 2. The lowest BCUT2D eigenvalue weighted by Crippen LogP contribution is -2.42. The van der Waals surface area contributed by atoms with E-state index in [9.17, 15) is 14.4 Å². The first-order valence-corrected chi connectivity index (χ1v) is 8.82. The van der Waals surface area contributed by atoms with Gasteiger partial charge in [0.15, 0.2) is 0 Å². The number of likely N-dealkylation sites (tertiary alicyclic amines) is 1. The van der Waals surface area contributed by atoms with E-state index in [0.717, 1.165) is 4.90 Å². The number of carbonyl (C=O) groups is 3. The first-order chi connectivity index (χ1) is 13.6. The van der Waals surface area contributed by atoms with E-state index in [1.807, 2.05) is 0 Å². The Balaban J connectivity index is 1.36. The summed E-state index contributed by atoms with van der Waals surface area (Å²) in [6.45, 7) is 0.545. The molecule has 1 saturated heterocycles. The fourth-order valence-corrected chi connectivity index (χ4v) is 3.33. The number of methoxy groups -OCH3 is 1. The van der Waals surface area contributed by atoms with Gasteiger partial charge in [0.25, 0.3) is 11.8 Å². The summed E-state index contributed by atoms with van der Waals surface area (Å²) < 4.78 is 10.8. The van der Waals surface area contributed by atoms with Gasteiger partial charge in [-0.15, -0.1) is 0 Å². The van der Waals surface area contributed by atoms with Crippen LogP contribution in [0.2, 0.25) is 0 Å². The van der Waals surface area contributed by atoms with Crippen LogP contribution in [-0.2, 0) is 4.79 Å². The largest absolute Gasteiger partial charge is 0.480 e. The summed E-state index contributed by atoms with van der Waals surface area (Å²) in [5.41, 5.74) is 0.666. The number of hydrogen-bond donors (Lipinski definition) is 0. The molecule has 0 bridgehead atoms. The van der Waals surface area contributed by atoms with E-state index in [0.29, 0.717) is 42.4 Å². The average molecular weight is 382 g/mol. The van der Waals surface area contributed by atoms with Crippen molar-refractivity contribution in [1.82, 2.24) is 19.8 Å². The molecule has 1 unspecified atom stereocenters. The van der Waals surface area contributed by atoms with Crippen LogP contribution in [0.3, 0.4) is 0 Å². The molecule has 9 nitrogen and oxygen atoms in total. The second-order valence-electron chi connectivity index (χ2n) is 6.51. The summed E-state index contributed by atoms with van der Waals surface area (Å²) in [7, 11) is 1.49. The Morgan fingerprint density at radius 2 is 1.82 bits per heavy atom. The highest BCUT2D eigenvalue weighted by atomic mass is 16.5. The highest BCUT2D eigenvalue weighted by Crippen LogP contribution is 2.23. The monoisotopic (exact) mass is 382 g/mol. The maximum absolute atomic E-state index is 12.6. The molecule has 9 heteroatoms. The number of fused-ring (bicyclic) bond motifs is 1. The predicted octanol–water partition coefficient (Wildman–Crippen LogP) is 0.761. The Hall–Kier alpha value is -3.49. The van der Waals surface area contributed by atoms with Gasteiger partial charge in [-0.2, -0.15) is 4.98 Å². The summed E-state index contributed by atoms with van der Waals surface area (Å²) in [5, 5.41) is 0. The lowest BCUT2D eigenvalue weighted by molar-refractivity contribution is -0.130. The van der Waals surface area contributed by atoms with Crippen LogP contribution in [0.15, 0.2) is 36.7 Å². The third-order valence-corrected chi connectivity index (χ3v) is 4.76. The number of benzene rings is 1. The van der Waals surface area contributed by atoms with Crippen LogP contribution >= 0.6 is 0 Å². The molecule has 28 heavy (non-hydrogen) atoms. The molecule has 2 aromatic rings. The highest BCUT2D eigenvalue weighted by molar-refractivity contribution is 6.22. The summed E-state index contributed by atoms with van der Waals surface area (Å²) >= 11 is 0. The van der Waals surface area contributed by atoms with Gasteiger partial charge in [0, 0.05) is 13.0 Å². The minimum Gasteiger partial charge on any atom is -0.480 e. The molecule has 0 spiro atoms. The molecule has 3 heterocycles. The Bertz CT molecular complexity index is 912. The normalized spacial score (nSPS) is 18.4. The zero-order valence-corrected chi connectivity index (χ0v) is 15.2. The summed E-state index contributed by atoms with van der Waals surface area (Å²) in [4.78, 5) is 48.1. The van der Waals surface area contributed by atoms with E-state index in [1.165, 1.54) is 19.5 Å². The molecule has 1 fully saturated rings. The average Bonchev–Trinajstić information content (AvgIpc) is 3.27. The van der Waals surface area contributed by atoms with Crippen molar-refractivity contribution in [2.24, 2.45) is 0 Å². The maximum Gasteiger partial charge on any atom is 0.262 e. The Kier molecular flexibility index (Phi) is 4.64. The van der Waals surface area contributed by atoms with Gasteiger partial charge in [-0.1, -0.05) is 12.1 Å². The molecule has 1 aromatic carbocycles. The molecule has 144 valence electrons. The molecule has 0 saturated carbocycles. The smallest absolute Gasteiger partial charge is 0.262 e. The van der Waals surface area contributed by atoms with Crippen LogP contribution in [0.1, 0.15) is 27.1 Å². The Morgan fingerprint density at radius 3 is 2.50 bits per heavy atom. The summed E-state index contributed by atoms with van der Waals surface area (Å²) in [6.07, 6.45) is 3.32. The standard InChI is InChI=1S/C19H18N4O5/c1-27-15-8-20-9-16(21-15)28-12-6-7-22(10-12)17(24)11-23-18(25)13-4-2-3-5-14(13)19(23)26/h2-5,8-9,12H,6-7,10-11H2,1H3. The molecule has 1 atom stereocenters. The first kappa shape index (κ1) is 17.9. The third kappa shape index (κ3) is 3.26. The van der Waals surface area contributed by atoms with Crippen molar-refractivity contribution in [2.75, 3.05) is 26.7 Å². The summed E-state index contributed by atoms with van der Waals surface area (Å²) in [5.74, 6) is -0.509. The lowest BCUT2D eigenvalue weighted by Gasteiger charge is -2.20. The van der Waals surface area contributed by atoms with Crippen LogP contribution in [-0.4, -0.2) is 70.3 Å². The molecule has 3 amide bonds. The Morgan fingerprint density at radius 1 is 1.14 bits per heavy atom. The van der Waals surface area contributed by atoms with Crippen LogP contribution < -0.4 is 9.47 Å².